The SMILES string of the molecule is Cn1cnnc1-n1nccc1C(F)F. The van der Waals surface area contributed by atoms with E-state index in [0.717, 1.165) is 4.68 Å². The van der Waals surface area contributed by atoms with Crippen molar-refractivity contribution in [3.63, 3.8) is 0 Å². The predicted octanol–water partition coefficient (Wildman–Crippen LogP) is 0.938. The van der Waals surface area contributed by atoms with Crippen LogP contribution in [0.2, 0.25) is 0 Å². The van der Waals surface area contributed by atoms with Crippen LogP contribution in [-0.4, -0.2) is 24.5 Å². The highest BCUT2D eigenvalue weighted by atomic mass is 19.3. The van der Waals surface area contributed by atoms with Crippen molar-refractivity contribution in [1.82, 2.24) is 24.5 Å². The zero-order valence-electron chi connectivity index (χ0n) is 7.30. The minimum absolute atomic E-state index is 0.193. The lowest BCUT2D eigenvalue weighted by molar-refractivity contribution is 0.142. The van der Waals surface area contributed by atoms with E-state index in [1.165, 1.54) is 23.2 Å². The Morgan fingerprint density at radius 3 is 2.79 bits per heavy atom. The monoisotopic (exact) mass is 199 g/mol. The Hall–Kier alpha value is -1.79. The van der Waals surface area contributed by atoms with E-state index < -0.39 is 6.43 Å². The van der Waals surface area contributed by atoms with Crippen LogP contribution < -0.4 is 0 Å². The van der Waals surface area contributed by atoms with Crippen LogP contribution in [0.1, 0.15) is 12.1 Å². The fourth-order valence-electron chi connectivity index (χ4n) is 1.11. The van der Waals surface area contributed by atoms with Crippen LogP contribution in [0.25, 0.3) is 5.95 Å². The summed E-state index contributed by atoms with van der Waals surface area (Å²) in [6.45, 7) is 0. The molecule has 0 saturated carbocycles. The third-order valence-electron chi connectivity index (χ3n) is 1.77. The number of hydrogen-bond acceptors (Lipinski definition) is 3. The standard InChI is InChI=1S/C7H7F2N5/c1-13-4-10-12-7(13)14-5(6(8)9)2-3-11-14/h2-4,6H,1H3. The highest BCUT2D eigenvalue weighted by molar-refractivity contribution is 5.16. The van der Waals surface area contributed by atoms with Gasteiger partial charge in [-0.3, -0.25) is 0 Å². The molecular weight excluding hydrogens is 192 g/mol. The molecule has 2 rings (SSSR count). The van der Waals surface area contributed by atoms with Gasteiger partial charge >= 0.3 is 0 Å². The van der Waals surface area contributed by atoms with Gasteiger partial charge in [-0.1, -0.05) is 0 Å². The van der Waals surface area contributed by atoms with Gasteiger partial charge in [0.1, 0.15) is 12.0 Å². The first-order chi connectivity index (χ1) is 6.70. The van der Waals surface area contributed by atoms with Gasteiger partial charge in [-0.25, -0.2) is 8.78 Å². The van der Waals surface area contributed by atoms with Gasteiger partial charge in [-0.15, -0.1) is 10.2 Å². The van der Waals surface area contributed by atoms with Crippen LogP contribution in [0, 0.1) is 0 Å². The van der Waals surface area contributed by atoms with Crippen LogP contribution in [0.15, 0.2) is 18.6 Å². The van der Waals surface area contributed by atoms with Crippen LogP contribution in [-0.2, 0) is 7.05 Å². The first-order valence-electron chi connectivity index (χ1n) is 3.86. The minimum Gasteiger partial charge on any atom is -0.301 e. The Morgan fingerprint density at radius 2 is 2.21 bits per heavy atom. The van der Waals surface area contributed by atoms with Crippen molar-refractivity contribution in [2.45, 2.75) is 6.43 Å². The van der Waals surface area contributed by atoms with Crippen LogP contribution >= 0.6 is 0 Å². The molecule has 74 valence electrons. The maximum atomic E-state index is 12.5. The van der Waals surface area contributed by atoms with E-state index in [0.29, 0.717) is 0 Å². The molecule has 2 aromatic heterocycles. The third-order valence-corrected chi connectivity index (χ3v) is 1.77. The van der Waals surface area contributed by atoms with E-state index in [2.05, 4.69) is 15.3 Å². The average Bonchev–Trinajstić information content (AvgIpc) is 2.70. The maximum absolute atomic E-state index is 12.5. The second kappa shape index (κ2) is 3.17. The summed E-state index contributed by atoms with van der Waals surface area (Å²) in [5, 5.41) is 11.0. The second-order valence-electron chi connectivity index (χ2n) is 2.71. The van der Waals surface area contributed by atoms with Gasteiger partial charge in [0.15, 0.2) is 0 Å². The lowest BCUT2D eigenvalue weighted by Crippen LogP contribution is -2.08. The molecule has 14 heavy (non-hydrogen) atoms. The molecule has 0 spiro atoms. The highest BCUT2D eigenvalue weighted by Gasteiger charge is 2.16. The smallest absolute Gasteiger partial charge is 0.280 e. The molecule has 2 aromatic rings. The second-order valence-corrected chi connectivity index (χ2v) is 2.71. The Balaban J connectivity index is 2.52. The van der Waals surface area contributed by atoms with Gasteiger partial charge in [-0.2, -0.15) is 9.78 Å². The summed E-state index contributed by atoms with van der Waals surface area (Å²) in [6.07, 6.45) is 0.150. The van der Waals surface area contributed by atoms with Crippen LogP contribution in [0.4, 0.5) is 8.78 Å². The number of hydrogen-bond donors (Lipinski definition) is 0. The molecule has 0 fully saturated rings. The number of aromatic nitrogens is 5. The third kappa shape index (κ3) is 1.26. The van der Waals surface area contributed by atoms with E-state index in [1.807, 2.05) is 0 Å². The number of halogens is 2. The Labute approximate surface area is 78.0 Å². The van der Waals surface area contributed by atoms with Crippen molar-refractivity contribution in [1.29, 1.82) is 0 Å². The molecule has 0 aromatic carbocycles. The quantitative estimate of drug-likeness (QED) is 0.723. The van der Waals surface area contributed by atoms with E-state index in [9.17, 15) is 8.78 Å². The Bertz CT molecular complexity index is 433. The minimum atomic E-state index is -2.57. The highest BCUT2D eigenvalue weighted by Crippen LogP contribution is 2.19. The number of rotatable bonds is 2. The van der Waals surface area contributed by atoms with Crippen molar-refractivity contribution in [3.05, 3.63) is 24.3 Å². The summed E-state index contributed by atoms with van der Waals surface area (Å²) in [4.78, 5) is 0. The van der Waals surface area contributed by atoms with Gasteiger partial charge in [0.05, 0.1) is 0 Å². The average molecular weight is 199 g/mol. The van der Waals surface area contributed by atoms with E-state index in [4.69, 9.17) is 0 Å². The van der Waals surface area contributed by atoms with Crippen molar-refractivity contribution in [3.8, 4) is 5.95 Å². The predicted molar refractivity (Wildman–Crippen MR) is 43.1 cm³/mol. The lowest BCUT2D eigenvalue weighted by Gasteiger charge is -2.04. The van der Waals surface area contributed by atoms with Crippen molar-refractivity contribution in [2.24, 2.45) is 7.05 Å². The molecule has 0 amide bonds. The lowest BCUT2D eigenvalue weighted by atomic mass is 10.4. The van der Waals surface area contributed by atoms with Crippen molar-refractivity contribution >= 4 is 0 Å². The topological polar surface area (TPSA) is 48.5 Å². The van der Waals surface area contributed by atoms with Crippen LogP contribution in [0.5, 0.6) is 0 Å². The summed E-state index contributed by atoms with van der Waals surface area (Å²) < 4.78 is 27.5. The van der Waals surface area contributed by atoms with Gasteiger partial charge in [-0.05, 0) is 6.07 Å². The fraction of sp³-hybridized carbons (Fsp3) is 0.286. The molecule has 0 aliphatic carbocycles. The molecule has 0 unspecified atom stereocenters. The first kappa shape index (κ1) is 8.79. The zero-order chi connectivity index (χ0) is 10.1. The number of aryl methyl sites for hydroxylation is 1. The maximum Gasteiger partial charge on any atom is 0.280 e. The number of nitrogens with zero attached hydrogens (tertiary/aromatic N) is 5. The molecule has 0 aliphatic heterocycles. The molecular formula is C7H7F2N5. The van der Waals surface area contributed by atoms with E-state index in [-0.39, 0.29) is 11.6 Å². The van der Waals surface area contributed by atoms with Gasteiger partial charge in [0.2, 0.25) is 0 Å². The van der Waals surface area contributed by atoms with Gasteiger partial charge < -0.3 is 4.57 Å². The first-order valence-corrected chi connectivity index (χ1v) is 3.86. The van der Waals surface area contributed by atoms with Gasteiger partial charge in [0.25, 0.3) is 12.4 Å². The summed E-state index contributed by atoms with van der Waals surface area (Å²) >= 11 is 0. The molecule has 0 radical (unpaired) electrons. The van der Waals surface area contributed by atoms with E-state index >= 15 is 0 Å². The molecule has 0 atom stereocenters. The fourth-order valence-corrected chi connectivity index (χ4v) is 1.11. The molecule has 0 bridgehead atoms. The van der Waals surface area contributed by atoms with E-state index in [1.54, 1.807) is 7.05 Å². The number of alkyl halides is 2. The molecule has 0 N–H and O–H groups in total. The molecule has 0 aliphatic rings. The molecule has 5 nitrogen and oxygen atoms in total. The summed E-state index contributed by atoms with van der Waals surface area (Å²) in [5.41, 5.74) is -0.193. The van der Waals surface area contributed by atoms with Crippen LogP contribution in [0.3, 0.4) is 0 Å². The Kier molecular flexibility index (Phi) is 1.99. The molecule has 2 heterocycles. The largest absolute Gasteiger partial charge is 0.301 e. The van der Waals surface area contributed by atoms with Crippen molar-refractivity contribution < 1.29 is 8.78 Å². The summed E-state index contributed by atoms with van der Waals surface area (Å²) in [7, 11) is 1.66. The summed E-state index contributed by atoms with van der Waals surface area (Å²) in [6, 6.07) is 1.25. The zero-order valence-corrected chi connectivity index (χ0v) is 7.30. The molecule has 0 saturated heterocycles. The summed E-state index contributed by atoms with van der Waals surface area (Å²) in [5.74, 6) is 0.269. The molecule has 7 heteroatoms. The van der Waals surface area contributed by atoms with Crippen molar-refractivity contribution in [2.75, 3.05) is 0 Å². The van der Waals surface area contributed by atoms with Gasteiger partial charge in [0, 0.05) is 13.2 Å². The Morgan fingerprint density at radius 1 is 1.43 bits per heavy atom. The normalized spacial score (nSPS) is 11.1.